The summed E-state index contributed by atoms with van der Waals surface area (Å²) in [6.07, 6.45) is 4.60. The molecule has 3 aliphatic rings. The van der Waals surface area contributed by atoms with Gasteiger partial charge in [0.15, 0.2) is 0 Å². The minimum Gasteiger partial charge on any atom is -0.394 e. The molecule has 1 N–H and O–H groups in total. The third kappa shape index (κ3) is 5.85. The van der Waals surface area contributed by atoms with E-state index in [1.54, 1.807) is 38.6 Å². The third-order valence-electron chi connectivity index (χ3n) is 8.86. The smallest absolute Gasteiger partial charge is 0.247 e. The first-order valence-electron chi connectivity index (χ1n) is 14.9. The number of hydrogen-bond acceptors (Lipinski definition) is 5. The maximum Gasteiger partial charge on any atom is 0.247 e. The van der Waals surface area contributed by atoms with Crippen LogP contribution in [0.3, 0.4) is 0 Å². The second-order valence-corrected chi connectivity index (χ2v) is 16.0. The molecule has 0 saturated carbocycles. The van der Waals surface area contributed by atoms with Crippen LogP contribution in [0.2, 0.25) is 0 Å². The minimum atomic E-state index is -0.792. The Balaban J connectivity index is 1.82. The van der Waals surface area contributed by atoms with E-state index in [-0.39, 0.29) is 40.3 Å². The van der Waals surface area contributed by atoms with Crippen molar-refractivity contribution in [3.63, 3.8) is 0 Å². The highest BCUT2D eigenvalue weighted by Crippen LogP contribution is 2.68. The van der Waals surface area contributed by atoms with Crippen LogP contribution >= 0.6 is 27.7 Å². The molecule has 9 heteroatoms. The Morgan fingerprint density at radius 2 is 1.81 bits per heavy atom. The molecular formula is C33H46BrN3O4S. The van der Waals surface area contributed by atoms with Crippen molar-refractivity contribution in [3.05, 3.63) is 61.2 Å². The monoisotopic (exact) mass is 659 g/mol. The van der Waals surface area contributed by atoms with Crippen LogP contribution in [-0.4, -0.2) is 89.7 Å². The van der Waals surface area contributed by atoms with Gasteiger partial charge in [-0.15, -0.1) is 24.9 Å². The number of benzene rings is 1. The van der Waals surface area contributed by atoms with Gasteiger partial charge in [0, 0.05) is 35.3 Å². The number of alkyl halides is 1. The molecule has 3 amide bonds. The largest absolute Gasteiger partial charge is 0.394 e. The van der Waals surface area contributed by atoms with Crippen molar-refractivity contribution in [2.45, 2.75) is 86.5 Å². The molecule has 7 nitrogen and oxygen atoms in total. The number of nitrogens with zero attached hydrogens (tertiary/aromatic N) is 3. The molecule has 4 rings (SSSR count). The first-order valence-corrected chi connectivity index (χ1v) is 16.7. The summed E-state index contributed by atoms with van der Waals surface area (Å²) < 4.78 is -0.783. The SMILES string of the molecule is C=CCN(Cc1ccccc1)C(=O)[C@H]1[C@@H]2SC3(CC2Br)C(C(=O)N(CC=C)C(C)(C)C)N([C@@H](CO)CC(C)C)C(=O)[C@H]13. The van der Waals surface area contributed by atoms with Crippen LogP contribution in [0.25, 0.3) is 0 Å². The highest BCUT2D eigenvalue weighted by molar-refractivity contribution is 9.09. The fraction of sp³-hybridized carbons (Fsp3) is 0.606. The molecule has 230 valence electrons. The second-order valence-electron chi connectivity index (χ2n) is 13.3. The number of hydrogen-bond donors (Lipinski definition) is 1. The van der Waals surface area contributed by atoms with Gasteiger partial charge in [-0.25, -0.2) is 0 Å². The molecule has 0 aromatic heterocycles. The quantitative estimate of drug-likeness (QED) is 0.255. The standard InChI is InChI=1S/C33H46BrN3O4S/c1-8-15-35(19-22-13-11-10-12-14-22)29(39)25-26-30(40)37(23(20-38)17-21(3)4)28(33(26)18-24(34)27(25)42-33)31(41)36(16-9-2)32(5,6)7/h8-14,21,23-28,38H,1-2,15-20H2,3-7H3/t23-,24?,25-,26+,27-,28?,33?/m1/s1. The van der Waals surface area contributed by atoms with Gasteiger partial charge < -0.3 is 19.8 Å². The lowest BCUT2D eigenvalue weighted by Gasteiger charge is -2.44. The maximum absolute atomic E-state index is 14.7. The molecule has 7 atom stereocenters. The Bertz CT molecular complexity index is 1190. The molecule has 3 heterocycles. The fourth-order valence-corrected chi connectivity index (χ4v) is 10.8. The van der Waals surface area contributed by atoms with Crippen molar-refractivity contribution in [2.75, 3.05) is 19.7 Å². The Hall–Kier alpha value is -2.10. The third-order valence-corrected chi connectivity index (χ3v) is 12.1. The molecule has 0 aliphatic carbocycles. The summed E-state index contributed by atoms with van der Waals surface area (Å²) in [4.78, 5) is 49.1. The van der Waals surface area contributed by atoms with Crippen LogP contribution in [0, 0.1) is 17.8 Å². The van der Waals surface area contributed by atoms with E-state index in [0.29, 0.717) is 32.5 Å². The number of halogens is 1. The van der Waals surface area contributed by atoms with Crippen molar-refractivity contribution in [1.82, 2.24) is 14.7 Å². The van der Waals surface area contributed by atoms with E-state index in [2.05, 4.69) is 42.9 Å². The van der Waals surface area contributed by atoms with Gasteiger partial charge >= 0.3 is 0 Å². The number of aliphatic hydroxyl groups excluding tert-OH is 1. The van der Waals surface area contributed by atoms with Crippen LogP contribution in [0.5, 0.6) is 0 Å². The van der Waals surface area contributed by atoms with E-state index in [4.69, 9.17) is 0 Å². The van der Waals surface area contributed by atoms with Crippen LogP contribution in [-0.2, 0) is 20.9 Å². The van der Waals surface area contributed by atoms with Crippen LogP contribution in [0.15, 0.2) is 55.6 Å². The van der Waals surface area contributed by atoms with Gasteiger partial charge in [-0.3, -0.25) is 14.4 Å². The second kappa shape index (κ2) is 12.9. The zero-order valence-electron chi connectivity index (χ0n) is 25.5. The van der Waals surface area contributed by atoms with E-state index in [0.717, 1.165) is 5.56 Å². The molecule has 3 fully saturated rings. The number of amides is 3. The van der Waals surface area contributed by atoms with Gasteiger partial charge in [0.2, 0.25) is 17.7 Å². The Labute approximate surface area is 263 Å². The molecule has 3 saturated heterocycles. The first kappa shape index (κ1) is 32.8. The lowest BCUT2D eigenvalue weighted by molar-refractivity contribution is -0.149. The van der Waals surface area contributed by atoms with Gasteiger partial charge in [0.1, 0.15) is 6.04 Å². The molecule has 1 spiro atoms. The number of fused-ring (bicyclic) bond motifs is 1. The van der Waals surface area contributed by atoms with Gasteiger partial charge in [-0.2, -0.15) is 0 Å². The summed E-state index contributed by atoms with van der Waals surface area (Å²) in [6.45, 7) is 18.7. The predicted octanol–water partition coefficient (Wildman–Crippen LogP) is 4.89. The summed E-state index contributed by atoms with van der Waals surface area (Å²) in [5.41, 5.74) is 0.492. The summed E-state index contributed by atoms with van der Waals surface area (Å²) >= 11 is 5.51. The molecule has 0 radical (unpaired) electrons. The molecule has 1 aromatic carbocycles. The average molecular weight is 661 g/mol. The van der Waals surface area contributed by atoms with E-state index in [1.165, 1.54) is 0 Å². The van der Waals surface area contributed by atoms with E-state index in [9.17, 15) is 19.5 Å². The summed E-state index contributed by atoms with van der Waals surface area (Å²) in [5.74, 6) is -1.46. The molecule has 3 unspecified atom stereocenters. The molecule has 1 aromatic rings. The number of likely N-dealkylation sites (tertiary alicyclic amines) is 1. The van der Waals surface area contributed by atoms with Gasteiger partial charge in [-0.05, 0) is 45.1 Å². The van der Waals surface area contributed by atoms with Crippen molar-refractivity contribution >= 4 is 45.4 Å². The van der Waals surface area contributed by atoms with Crippen LogP contribution in [0.1, 0.15) is 53.0 Å². The lowest BCUT2D eigenvalue weighted by Crippen LogP contribution is -2.61. The van der Waals surface area contributed by atoms with E-state index in [1.807, 2.05) is 51.1 Å². The fourth-order valence-electron chi connectivity index (χ4n) is 7.22. The first-order chi connectivity index (χ1) is 19.8. The Kier molecular flexibility index (Phi) is 10.0. The van der Waals surface area contributed by atoms with Crippen molar-refractivity contribution in [2.24, 2.45) is 17.8 Å². The summed E-state index contributed by atoms with van der Waals surface area (Å²) in [6, 6.07) is 8.51. The number of rotatable bonds is 12. The van der Waals surface area contributed by atoms with E-state index >= 15 is 0 Å². The summed E-state index contributed by atoms with van der Waals surface area (Å²) in [7, 11) is 0. The molecule has 2 bridgehead atoms. The van der Waals surface area contributed by atoms with Crippen molar-refractivity contribution in [1.29, 1.82) is 0 Å². The van der Waals surface area contributed by atoms with Gasteiger partial charge in [0.25, 0.3) is 0 Å². The van der Waals surface area contributed by atoms with Gasteiger partial charge in [0.05, 0.1) is 29.2 Å². The molecule has 3 aliphatic heterocycles. The maximum atomic E-state index is 14.7. The van der Waals surface area contributed by atoms with Crippen molar-refractivity contribution in [3.8, 4) is 0 Å². The zero-order chi connectivity index (χ0) is 31.0. The van der Waals surface area contributed by atoms with Crippen LogP contribution in [0.4, 0.5) is 0 Å². The van der Waals surface area contributed by atoms with Crippen LogP contribution < -0.4 is 0 Å². The molecular weight excluding hydrogens is 614 g/mol. The van der Waals surface area contributed by atoms with Gasteiger partial charge in [-0.1, -0.05) is 72.3 Å². The topological polar surface area (TPSA) is 81.2 Å². The normalized spacial score (nSPS) is 29.0. The highest BCUT2D eigenvalue weighted by Gasteiger charge is 2.76. The zero-order valence-corrected chi connectivity index (χ0v) is 27.9. The minimum absolute atomic E-state index is 0.0294. The molecule has 42 heavy (non-hydrogen) atoms. The highest BCUT2D eigenvalue weighted by atomic mass is 79.9. The number of carbonyl (C=O) groups is 3. The predicted molar refractivity (Wildman–Crippen MR) is 173 cm³/mol. The Morgan fingerprint density at radius 3 is 2.36 bits per heavy atom. The number of thioether (sulfide) groups is 1. The average Bonchev–Trinajstić information content (AvgIpc) is 3.52. The lowest BCUT2D eigenvalue weighted by atomic mass is 9.70. The summed E-state index contributed by atoms with van der Waals surface area (Å²) in [5, 5.41) is 10.5. The van der Waals surface area contributed by atoms with E-state index < -0.39 is 34.2 Å². The Morgan fingerprint density at radius 1 is 1.17 bits per heavy atom. The van der Waals surface area contributed by atoms with Crippen molar-refractivity contribution < 1.29 is 19.5 Å². The number of aliphatic hydroxyl groups is 1. The number of carbonyl (C=O) groups excluding carboxylic acids is 3.